The number of ether oxygens (including phenoxy) is 3. The van der Waals surface area contributed by atoms with Gasteiger partial charge in [0.05, 0.1) is 33.9 Å². The second-order valence-electron chi connectivity index (χ2n) is 10.6. The molecule has 2 amide bonds. The number of benzene rings is 2. The Bertz CT molecular complexity index is 1430. The highest BCUT2D eigenvalue weighted by Gasteiger charge is 2.48. The average molecular weight is 530 g/mol. The Morgan fingerprint density at radius 2 is 1.77 bits per heavy atom. The van der Waals surface area contributed by atoms with Crippen LogP contribution < -0.4 is 14.2 Å². The standard InChI is InChI=1S/C31H35N3O5/c1-37-25-15-20(16-26(38-2)30(25)39-3)29-28-22(21-11-7-8-12-23(21)32-28)17-24-31(36)33(18-27(35)34(24)29)14-13-19-9-5-4-6-10-19/h7-9,11-12,15-16,24,29,32H,4-6,10,13-14,17-18H2,1-3H3/t24-,29+/m0/s1. The summed E-state index contributed by atoms with van der Waals surface area (Å²) in [6.45, 7) is 0.662. The Morgan fingerprint density at radius 3 is 2.46 bits per heavy atom. The number of nitrogens with one attached hydrogen (secondary N) is 1. The zero-order valence-electron chi connectivity index (χ0n) is 22.8. The maximum absolute atomic E-state index is 14.0. The van der Waals surface area contributed by atoms with Gasteiger partial charge in [0.1, 0.15) is 6.04 Å². The van der Waals surface area contributed by atoms with Crippen molar-refractivity contribution in [3.05, 3.63) is 64.9 Å². The Labute approximate surface area is 228 Å². The van der Waals surface area contributed by atoms with E-state index < -0.39 is 12.1 Å². The lowest BCUT2D eigenvalue weighted by Crippen LogP contribution is -2.63. The van der Waals surface area contributed by atoms with Crippen LogP contribution in [-0.4, -0.2) is 67.1 Å². The van der Waals surface area contributed by atoms with Gasteiger partial charge in [-0.2, -0.15) is 0 Å². The van der Waals surface area contributed by atoms with Crippen molar-refractivity contribution >= 4 is 22.7 Å². The van der Waals surface area contributed by atoms with E-state index in [1.165, 1.54) is 18.4 Å². The van der Waals surface area contributed by atoms with Crippen molar-refractivity contribution in [3.8, 4) is 17.2 Å². The molecule has 3 heterocycles. The number of aromatic nitrogens is 1. The number of nitrogens with zero attached hydrogens (tertiary/aromatic N) is 2. The molecular formula is C31H35N3O5. The van der Waals surface area contributed by atoms with E-state index >= 15 is 0 Å². The molecule has 3 aromatic rings. The van der Waals surface area contributed by atoms with Crippen molar-refractivity contribution < 1.29 is 23.8 Å². The van der Waals surface area contributed by atoms with Crippen LogP contribution in [0.5, 0.6) is 17.2 Å². The molecule has 0 saturated carbocycles. The number of carbonyl (C=O) groups excluding carboxylic acids is 2. The minimum atomic E-state index is -0.581. The van der Waals surface area contributed by atoms with Crippen molar-refractivity contribution in [3.63, 3.8) is 0 Å². The van der Waals surface area contributed by atoms with Crippen molar-refractivity contribution in [2.75, 3.05) is 34.4 Å². The van der Waals surface area contributed by atoms with E-state index in [-0.39, 0.29) is 18.4 Å². The molecule has 1 N–H and O–H groups in total. The number of hydrogen-bond acceptors (Lipinski definition) is 5. The first-order valence-corrected chi connectivity index (χ1v) is 13.7. The molecule has 8 heteroatoms. The van der Waals surface area contributed by atoms with E-state index in [9.17, 15) is 9.59 Å². The Balaban J connectivity index is 1.44. The van der Waals surface area contributed by atoms with Crippen LogP contribution >= 0.6 is 0 Å². The predicted octanol–water partition coefficient (Wildman–Crippen LogP) is 4.77. The fourth-order valence-electron chi connectivity index (χ4n) is 6.53. The van der Waals surface area contributed by atoms with Crippen molar-refractivity contribution in [1.29, 1.82) is 0 Å². The van der Waals surface area contributed by atoms with E-state index in [4.69, 9.17) is 14.2 Å². The van der Waals surface area contributed by atoms with Gasteiger partial charge in [0, 0.05) is 29.6 Å². The van der Waals surface area contributed by atoms with Crippen LogP contribution in [0.1, 0.15) is 55.0 Å². The number of rotatable bonds is 7. The second kappa shape index (κ2) is 10.3. The summed E-state index contributed by atoms with van der Waals surface area (Å²) in [6, 6.07) is 10.8. The first kappa shape index (κ1) is 25.3. The van der Waals surface area contributed by atoms with E-state index in [0.717, 1.165) is 47.0 Å². The van der Waals surface area contributed by atoms with Gasteiger partial charge >= 0.3 is 0 Å². The first-order valence-electron chi connectivity index (χ1n) is 13.7. The number of fused-ring (bicyclic) bond motifs is 4. The van der Waals surface area contributed by atoms with Gasteiger partial charge in [-0.05, 0) is 61.4 Å². The van der Waals surface area contributed by atoms with Gasteiger partial charge in [0.15, 0.2) is 11.5 Å². The van der Waals surface area contributed by atoms with E-state index in [1.807, 2.05) is 30.3 Å². The van der Waals surface area contributed by atoms with Crippen molar-refractivity contribution in [1.82, 2.24) is 14.8 Å². The van der Waals surface area contributed by atoms with Crippen LogP contribution in [0.25, 0.3) is 10.9 Å². The summed E-state index contributed by atoms with van der Waals surface area (Å²) in [4.78, 5) is 35.0. The number of aromatic amines is 1. The zero-order valence-corrected chi connectivity index (χ0v) is 22.8. The number of para-hydroxylation sites is 1. The Morgan fingerprint density at radius 1 is 1.00 bits per heavy atom. The fourth-order valence-corrected chi connectivity index (χ4v) is 6.53. The summed E-state index contributed by atoms with van der Waals surface area (Å²) < 4.78 is 16.8. The molecule has 8 nitrogen and oxygen atoms in total. The topological polar surface area (TPSA) is 84.1 Å². The second-order valence-corrected chi connectivity index (χ2v) is 10.6. The number of amides is 2. The van der Waals surface area contributed by atoms with Gasteiger partial charge in [-0.25, -0.2) is 0 Å². The summed E-state index contributed by atoms with van der Waals surface area (Å²) in [5, 5.41) is 1.08. The monoisotopic (exact) mass is 529 g/mol. The van der Waals surface area contributed by atoms with Gasteiger partial charge in [-0.15, -0.1) is 0 Å². The normalized spacial score (nSPS) is 20.9. The molecule has 3 aliphatic rings. The first-order chi connectivity index (χ1) is 19.0. The van der Waals surface area contributed by atoms with Crippen LogP contribution in [0.4, 0.5) is 0 Å². The molecule has 2 aromatic carbocycles. The molecule has 204 valence electrons. The maximum Gasteiger partial charge on any atom is 0.246 e. The van der Waals surface area contributed by atoms with E-state index in [1.54, 1.807) is 31.1 Å². The van der Waals surface area contributed by atoms with Crippen molar-refractivity contribution in [2.45, 2.75) is 50.6 Å². The van der Waals surface area contributed by atoms with Crippen LogP contribution in [0.15, 0.2) is 48.0 Å². The lowest BCUT2D eigenvalue weighted by Gasteiger charge is -2.47. The van der Waals surface area contributed by atoms with Crippen LogP contribution in [0.3, 0.4) is 0 Å². The molecule has 1 aliphatic carbocycles. The zero-order chi connectivity index (χ0) is 27.1. The predicted molar refractivity (Wildman–Crippen MR) is 148 cm³/mol. The van der Waals surface area contributed by atoms with Gasteiger partial charge in [0.2, 0.25) is 17.6 Å². The molecule has 0 spiro atoms. The minimum absolute atomic E-state index is 0.0133. The molecule has 2 atom stereocenters. The van der Waals surface area contributed by atoms with Crippen LogP contribution in [-0.2, 0) is 16.0 Å². The van der Waals surface area contributed by atoms with Gasteiger partial charge < -0.3 is 29.0 Å². The number of H-pyrrole nitrogens is 1. The number of methoxy groups -OCH3 is 3. The summed E-state index contributed by atoms with van der Waals surface area (Å²) in [5.74, 6) is 1.45. The largest absolute Gasteiger partial charge is 0.493 e. The third-order valence-electron chi connectivity index (χ3n) is 8.43. The van der Waals surface area contributed by atoms with E-state index in [2.05, 4.69) is 17.1 Å². The van der Waals surface area contributed by atoms with E-state index in [0.29, 0.717) is 30.2 Å². The molecule has 0 radical (unpaired) electrons. The smallest absolute Gasteiger partial charge is 0.246 e. The summed E-state index contributed by atoms with van der Waals surface area (Å²) in [5.41, 5.74) is 5.18. The van der Waals surface area contributed by atoms with Gasteiger partial charge in [0.25, 0.3) is 0 Å². The lowest BCUT2D eigenvalue weighted by molar-refractivity contribution is -0.158. The third kappa shape index (κ3) is 4.32. The lowest BCUT2D eigenvalue weighted by atomic mass is 9.86. The summed E-state index contributed by atoms with van der Waals surface area (Å²) in [7, 11) is 4.72. The highest BCUT2D eigenvalue weighted by molar-refractivity contribution is 5.97. The van der Waals surface area contributed by atoms with Crippen LogP contribution in [0.2, 0.25) is 0 Å². The quantitative estimate of drug-likeness (QED) is 0.446. The number of piperazine rings is 1. The maximum atomic E-state index is 14.0. The summed E-state index contributed by atoms with van der Waals surface area (Å²) >= 11 is 0. The molecule has 0 bridgehead atoms. The van der Waals surface area contributed by atoms with Gasteiger partial charge in [-0.1, -0.05) is 29.8 Å². The molecular weight excluding hydrogens is 494 g/mol. The average Bonchev–Trinajstić information content (AvgIpc) is 3.35. The number of carbonyl (C=O) groups is 2. The molecule has 1 saturated heterocycles. The highest BCUT2D eigenvalue weighted by atomic mass is 16.5. The van der Waals surface area contributed by atoms with Crippen LogP contribution in [0, 0.1) is 0 Å². The third-order valence-corrected chi connectivity index (χ3v) is 8.43. The Hall–Kier alpha value is -3.94. The summed E-state index contributed by atoms with van der Waals surface area (Å²) in [6.07, 6.45) is 8.26. The number of hydrogen-bond donors (Lipinski definition) is 1. The highest BCUT2D eigenvalue weighted by Crippen LogP contribution is 2.47. The number of allylic oxidation sites excluding steroid dienone is 1. The minimum Gasteiger partial charge on any atom is -0.493 e. The SMILES string of the molecule is COc1cc([C@@H]2c3[nH]c4ccccc4c3C[C@H]3C(=O)N(CCC4=CCCCC4)CC(=O)N23)cc(OC)c1OC. The molecule has 39 heavy (non-hydrogen) atoms. The molecule has 1 aromatic heterocycles. The molecule has 1 fully saturated rings. The molecule has 0 unspecified atom stereocenters. The fraction of sp³-hybridized carbons (Fsp3) is 0.419. The molecule has 2 aliphatic heterocycles. The van der Waals surface area contributed by atoms with Gasteiger partial charge in [-0.3, -0.25) is 9.59 Å². The molecule has 6 rings (SSSR count). The van der Waals surface area contributed by atoms with Crippen molar-refractivity contribution in [2.24, 2.45) is 0 Å². The Kier molecular flexibility index (Phi) is 6.71.